The Balaban J connectivity index is 1.95. The van der Waals surface area contributed by atoms with E-state index >= 15 is 0 Å². The van der Waals surface area contributed by atoms with Crippen LogP contribution in [-0.2, 0) is 9.53 Å². The van der Waals surface area contributed by atoms with E-state index in [4.69, 9.17) is 4.74 Å². The Bertz CT molecular complexity index is 798. The van der Waals surface area contributed by atoms with Crippen molar-refractivity contribution in [2.45, 2.75) is 20.8 Å². The van der Waals surface area contributed by atoms with Crippen molar-refractivity contribution in [3.05, 3.63) is 51.7 Å². The van der Waals surface area contributed by atoms with Gasteiger partial charge in [0.15, 0.2) is 6.61 Å². The molecule has 0 aliphatic heterocycles. The van der Waals surface area contributed by atoms with Gasteiger partial charge in [-0.05, 0) is 42.0 Å². The van der Waals surface area contributed by atoms with Crippen LogP contribution in [0.25, 0.3) is 0 Å². The van der Waals surface area contributed by atoms with Crippen LogP contribution in [0, 0.1) is 12.8 Å². The third-order valence-corrected chi connectivity index (χ3v) is 4.49. The first-order valence-electron chi connectivity index (χ1n) is 8.26. The highest BCUT2D eigenvalue weighted by molar-refractivity contribution is 7.12. The molecule has 2 aromatic rings. The van der Waals surface area contributed by atoms with Crippen LogP contribution in [0.1, 0.15) is 39.4 Å². The van der Waals surface area contributed by atoms with Crippen LogP contribution < -0.4 is 10.6 Å². The normalized spacial score (nSPS) is 10.5. The number of aryl methyl sites for hydroxylation is 1. The average Bonchev–Trinajstić information content (AvgIpc) is 3.04. The van der Waals surface area contributed by atoms with E-state index in [1.54, 1.807) is 36.6 Å². The lowest BCUT2D eigenvalue weighted by molar-refractivity contribution is -0.119. The Morgan fingerprint density at radius 3 is 2.54 bits per heavy atom. The Hall–Kier alpha value is -2.67. The van der Waals surface area contributed by atoms with Gasteiger partial charge in [0, 0.05) is 6.54 Å². The lowest BCUT2D eigenvalue weighted by Gasteiger charge is -2.12. The predicted molar refractivity (Wildman–Crippen MR) is 102 cm³/mol. The molecule has 0 spiro atoms. The monoisotopic (exact) mass is 374 g/mol. The van der Waals surface area contributed by atoms with E-state index in [2.05, 4.69) is 10.6 Å². The summed E-state index contributed by atoms with van der Waals surface area (Å²) >= 11 is 1.27. The molecule has 0 radical (unpaired) electrons. The third-order valence-electron chi connectivity index (χ3n) is 3.50. The Kier molecular flexibility index (Phi) is 6.91. The van der Waals surface area contributed by atoms with Crippen molar-refractivity contribution in [1.82, 2.24) is 5.32 Å². The van der Waals surface area contributed by atoms with E-state index in [0.29, 0.717) is 28.6 Å². The number of hydrogen-bond donors (Lipinski definition) is 2. The SMILES string of the molecule is Cc1ccsc1C(=O)OCC(=O)Nc1ccccc1C(=O)NCC(C)C. The molecular formula is C19H22N2O4S. The molecule has 0 atom stereocenters. The predicted octanol–water partition coefficient (Wildman–Crippen LogP) is 3.24. The van der Waals surface area contributed by atoms with Crippen LogP contribution in [0.15, 0.2) is 35.7 Å². The number of nitrogens with one attached hydrogen (secondary N) is 2. The van der Waals surface area contributed by atoms with Crippen molar-refractivity contribution >= 4 is 34.8 Å². The second kappa shape index (κ2) is 9.15. The fourth-order valence-electron chi connectivity index (χ4n) is 2.15. The maximum atomic E-state index is 12.3. The van der Waals surface area contributed by atoms with Gasteiger partial charge in [0.05, 0.1) is 11.3 Å². The van der Waals surface area contributed by atoms with Crippen molar-refractivity contribution in [3.63, 3.8) is 0 Å². The van der Waals surface area contributed by atoms with E-state index in [1.807, 2.05) is 19.9 Å². The number of para-hydroxylation sites is 1. The van der Waals surface area contributed by atoms with Crippen LogP contribution in [0.3, 0.4) is 0 Å². The molecule has 1 heterocycles. The van der Waals surface area contributed by atoms with Crippen molar-refractivity contribution in [2.75, 3.05) is 18.5 Å². The Morgan fingerprint density at radius 2 is 1.88 bits per heavy atom. The lowest BCUT2D eigenvalue weighted by atomic mass is 10.1. The molecule has 0 bridgehead atoms. The second-order valence-electron chi connectivity index (χ2n) is 6.21. The molecule has 1 aromatic heterocycles. The van der Waals surface area contributed by atoms with Gasteiger partial charge >= 0.3 is 5.97 Å². The second-order valence-corrected chi connectivity index (χ2v) is 7.12. The Labute approximate surface area is 156 Å². The van der Waals surface area contributed by atoms with Gasteiger partial charge in [0.2, 0.25) is 0 Å². The minimum atomic E-state index is -0.532. The van der Waals surface area contributed by atoms with Crippen LogP contribution in [0.4, 0.5) is 5.69 Å². The average molecular weight is 374 g/mol. The lowest BCUT2D eigenvalue weighted by Crippen LogP contribution is -2.29. The van der Waals surface area contributed by atoms with Crippen molar-refractivity contribution in [1.29, 1.82) is 0 Å². The quantitative estimate of drug-likeness (QED) is 0.729. The largest absolute Gasteiger partial charge is 0.451 e. The number of amides is 2. The fraction of sp³-hybridized carbons (Fsp3) is 0.316. The van der Waals surface area contributed by atoms with E-state index in [-0.39, 0.29) is 5.91 Å². The van der Waals surface area contributed by atoms with Crippen LogP contribution in [0.5, 0.6) is 0 Å². The molecular weight excluding hydrogens is 352 g/mol. The third kappa shape index (κ3) is 5.42. The molecule has 2 amide bonds. The molecule has 2 rings (SSSR count). The van der Waals surface area contributed by atoms with Gasteiger partial charge in [-0.1, -0.05) is 26.0 Å². The topological polar surface area (TPSA) is 84.5 Å². The molecule has 0 fully saturated rings. The van der Waals surface area contributed by atoms with Gasteiger partial charge in [-0.2, -0.15) is 0 Å². The molecule has 26 heavy (non-hydrogen) atoms. The minimum absolute atomic E-state index is 0.263. The Morgan fingerprint density at radius 1 is 1.15 bits per heavy atom. The fourth-order valence-corrected chi connectivity index (χ4v) is 2.96. The first-order chi connectivity index (χ1) is 12.4. The van der Waals surface area contributed by atoms with Crippen molar-refractivity contribution < 1.29 is 19.1 Å². The maximum absolute atomic E-state index is 12.3. The molecule has 2 N–H and O–H groups in total. The number of ether oxygens (including phenoxy) is 1. The summed E-state index contributed by atoms with van der Waals surface area (Å²) in [4.78, 5) is 36.8. The van der Waals surface area contributed by atoms with Gasteiger partial charge < -0.3 is 15.4 Å². The summed E-state index contributed by atoms with van der Waals surface area (Å²) in [6.07, 6.45) is 0. The highest BCUT2D eigenvalue weighted by atomic mass is 32.1. The first kappa shape index (κ1) is 19.7. The molecule has 0 aliphatic carbocycles. The summed E-state index contributed by atoms with van der Waals surface area (Å²) in [5, 5.41) is 7.22. The van der Waals surface area contributed by atoms with E-state index < -0.39 is 18.5 Å². The van der Waals surface area contributed by atoms with Gasteiger partial charge in [0.25, 0.3) is 11.8 Å². The summed E-state index contributed by atoms with van der Waals surface area (Å²) in [7, 11) is 0. The number of anilines is 1. The van der Waals surface area contributed by atoms with Crippen molar-refractivity contribution in [2.24, 2.45) is 5.92 Å². The highest BCUT2D eigenvalue weighted by Crippen LogP contribution is 2.17. The number of carbonyl (C=O) groups excluding carboxylic acids is 3. The molecule has 0 aliphatic rings. The van der Waals surface area contributed by atoms with Gasteiger partial charge in [0.1, 0.15) is 4.88 Å². The number of thiophene rings is 1. The van der Waals surface area contributed by atoms with Gasteiger partial charge in [-0.25, -0.2) is 4.79 Å². The van der Waals surface area contributed by atoms with Crippen LogP contribution in [0.2, 0.25) is 0 Å². The number of rotatable bonds is 7. The molecule has 6 nitrogen and oxygen atoms in total. The molecule has 7 heteroatoms. The summed E-state index contributed by atoms with van der Waals surface area (Å²) in [6, 6.07) is 8.52. The minimum Gasteiger partial charge on any atom is -0.451 e. The zero-order chi connectivity index (χ0) is 19.1. The number of esters is 1. The van der Waals surface area contributed by atoms with Crippen LogP contribution >= 0.6 is 11.3 Å². The summed E-state index contributed by atoms with van der Waals surface area (Å²) in [5.74, 6) is -0.978. The van der Waals surface area contributed by atoms with E-state index in [1.165, 1.54) is 11.3 Å². The molecule has 0 unspecified atom stereocenters. The number of carbonyl (C=O) groups is 3. The molecule has 0 saturated heterocycles. The first-order valence-corrected chi connectivity index (χ1v) is 9.14. The van der Waals surface area contributed by atoms with Crippen LogP contribution in [-0.4, -0.2) is 30.9 Å². The molecule has 0 saturated carbocycles. The van der Waals surface area contributed by atoms with E-state index in [9.17, 15) is 14.4 Å². The smallest absolute Gasteiger partial charge is 0.349 e. The number of hydrogen-bond acceptors (Lipinski definition) is 5. The standard InChI is InChI=1S/C19H22N2O4S/c1-12(2)10-20-18(23)14-6-4-5-7-15(14)21-16(22)11-25-19(24)17-13(3)8-9-26-17/h4-9,12H,10-11H2,1-3H3,(H,20,23)(H,21,22). The van der Waals surface area contributed by atoms with Gasteiger partial charge in [-0.3, -0.25) is 9.59 Å². The van der Waals surface area contributed by atoms with Crippen molar-refractivity contribution in [3.8, 4) is 0 Å². The molecule has 138 valence electrons. The zero-order valence-electron chi connectivity index (χ0n) is 15.0. The summed E-state index contributed by atoms with van der Waals surface area (Å²) in [6.45, 7) is 5.92. The number of benzene rings is 1. The summed E-state index contributed by atoms with van der Waals surface area (Å²) in [5.41, 5.74) is 1.55. The molecule has 1 aromatic carbocycles. The maximum Gasteiger partial charge on any atom is 0.349 e. The van der Waals surface area contributed by atoms with Gasteiger partial charge in [-0.15, -0.1) is 11.3 Å². The highest BCUT2D eigenvalue weighted by Gasteiger charge is 2.16. The van der Waals surface area contributed by atoms with E-state index in [0.717, 1.165) is 5.56 Å². The zero-order valence-corrected chi connectivity index (χ0v) is 15.8. The summed E-state index contributed by atoms with van der Waals surface area (Å²) < 4.78 is 5.04.